The second-order valence-corrected chi connectivity index (χ2v) is 4.09. The van der Waals surface area contributed by atoms with Gasteiger partial charge in [0.25, 0.3) is 5.82 Å². The van der Waals surface area contributed by atoms with Crippen LogP contribution in [0.5, 0.6) is 0 Å². The predicted molar refractivity (Wildman–Crippen MR) is 63.9 cm³/mol. The molecule has 0 unspecified atom stereocenters. The maximum atomic E-state index is 12.5. The van der Waals surface area contributed by atoms with Crippen molar-refractivity contribution in [3.05, 3.63) is 41.5 Å². The van der Waals surface area contributed by atoms with E-state index in [0.29, 0.717) is 12.2 Å². The van der Waals surface area contributed by atoms with Gasteiger partial charge in [0.1, 0.15) is 5.82 Å². The molecule has 0 atom stereocenters. The third-order valence-electron chi connectivity index (χ3n) is 2.58. The van der Waals surface area contributed by atoms with E-state index in [-0.39, 0.29) is 5.82 Å². The molecular formula is C12H13F3N4. The Morgan fingerprint density at radius 1 is 1.21 bits per heavy atom. The minimum absolute atomic E-state index is 0.202. The molecule has 1 heterocycles. The molecule has 0 saturated carbocycles. The van der Waals surface area contributed by atoms with E-state index in [0.717, 1.165) is 5.56 Å². The summed E-state index contributed by atoms with van der Waals surface area (Å²) in [7, 11) is 1.82. The quantitative estimate of drug-likeness (QED) is 0.930. The summed E-state index contributed by atoms with van der Waals surface area (Å²) in [6.45, 7) is 2.19. The summed E-state index contributed by atoms with van der Waals surface area (Å²) < 4.78 is 38.7. The SMILES string of the molecule is CNCc1ccc(-n2nc(C(F)(F)F)nc2C)cc1. The van der Waals surface area contributed by atoms with Gasteiger partial charge >= 0.3 is 6.18 Å². The van der Waals surface area contributed by atoms with E-state index in [1.807, 2.05) is 19.2 Å². The molecule has 19 heavy (non-hydrogen) atoms. The largest absolute Gasteiger partial charge is 0.453 e. The molecule has 0 bridgehead atoms. The molecule has 1 aromatic heterocycles. The molecule has 102 valence electrons. The summed E-state index contributed by atoms with van der Waals surface area (Å²) in [6.07, 6.45) is -4.53. The molecular weight excluding hydrogens is 257 g/mol. The van der Waals surface area contributed by atoms with E-state index in [2.05, 4.69) is 15.4 Å². The molecule has 7 heteroatoms. The van der Waals surface area contributed by atoms with Crippen molar-refractivity contribution in [3.63, 3.8) is 0 Å². The molecule has 0 aliphatic rings. The van der Waals surface area contributed by atoms with Crippen LogP contribution in [0, 0.1) is 6.92 Å². The standard InChI is InChI=1S/C12H13F3N4/c1-8-17-11(12(13,14)15)18-19(8)10-5-3-9(4-6-10)7-16-2/h3-6,16H,7H2,1-2H3. The molecule has 1 aromatic carbocycles. The highest BCUT2D eigenvalue weighted by Gasteiger charge is 2.36. The number of nitrogens with one attached hydrogen (secondary N) is 1. The fourth-order valence-corrected chi connectivity index (χ4v) is 1.71. The van der Waals surface area contributed by atoms with E-state index >= 15 is 0 Å². The maximum Gasteiger partial charge on any atom is 0.453 e. The van der Waals surface area contributed by atoms with E-state index in [1.54, 1.807) is 12.1 Å². The van der Waals surface area contributed by atoms with Crippen molar-refractivity contribution in [2.45, 2.75) is 19.6 Å². The average molecular weight is 270 g/mol. The Kier molecular flexibility index (Phi) is 3.57. The van der Waals surface area contributed by atoms with Gasteiger partial charge < -0.3 is 5.32 Å². The molecule has 0 spiro atoms. The van der Waals surface area contributed by atoms with Crippen LogP contribution in [-0.2, 0) is 12.7 Å². The van der Waals surface area contributed by atoms with E-state index in [4.69, 9.17) is 0 Å². The lowest BCUT2D eigenvalue weighted by Gasteiger charge is -2.05. The first-order valence-corrected chi connectivity index (χ1v) is 5.66. The van der Waals surface area contributed by atoms with Crippen LogP contribution < -0.4 is 5.32 Å². The second-order valence-electron chi connectivity index (χ2n) is 4.09. The van der Waals surface area contributed by atoms with Crippen LogP contribution in [0.3, 0.4) is 0 Å². The molecule has 0 aliphatic heterocycles. The predicted octanol–water partition coefficient (Wildman–Crippen LogP) is 2.31. The van der Waals surface area contributed by atoms with Crippen molar-refractivity contribution in [1.29, 1.82) is 0 Å². The van der Waals surface area contributed by atoms with Gasteiger partial charge in [-0.25, -0.2) is 9.67 Å². The number of hydrogen-bond donors (Lipinski definition) is 1. The number of halogens is 3. The normalized spacial score (nSPS) is 11.8. The Labute approximate surface area is 108 Å². The number of alkyl halides is 3. The lowest BCUT2D eigenvalue weighted by Crippen LogP contribution is -2.09. The van der Waals surface area contributed by atoms with Crippen LogP contribution in [0.2, 0.25) is 0 Å². The molecule has 0 saturated heterocycles. The topological polar surface area (TPSA) is 42.7 Å². The molecule has 0 radical (unpaired) electrons. The van der Waals surface area contributed by atoms with Crippen molar-refractivity contribution in [1.82, 2.24) is 20.1 Å². The van der Waals surface area contributed by atoms with Crippen LogP contribution >= 0.6 is 0 Å². The summed E-state index contributed by atoms with van der Waals surface area (Å²) in [4.78, 5) is 3.43. The molecule has 2 rings (SSSR count). The van der Waals surface area contributed by atoms with Gasteiger partial charge in [-0.05, 0) is 31.7 Å². The third kappa shape index (κ3) is 2.93. The van der Waals surface area contributed by atoms with Gasteiger partial charge in [0.2, 0.25) is 0 Å². The monoisotopic (exact) mass is 270 g/mol. The van der Waals surface area contributed by atoms with Gasteiger partial charge in [0.15, 0.2) is 0 Å². The highest BCUT2D eigenvalue weighted by atomic mass is 19.4. The lowest BCUT2D eigenvalue weighted by atomic mass is 10.2. The van der Waals surface area contributed by atoms with Crippen LogP contribution in [0.15, 0.2) is 24.3 Å². The zero-order valence-corrected chi connectivity index (χ0v) is 10.5. The third-order valence-corrected chi connectivity index (χ3v) is 2.58. The second kappa shape index (κ2) is 5.00. The Morgan fingerprint density at radius 2 is 1.84 bits per heavy atom. The van der Waals surface area contributed by atoms with E-state index in [9.17, 15) is 13.2 Å². The lowest BCUT2D eigenvalue weighted by molar-refractivity contribution is -0.144. The number of rotatable bonds is 3. The minimum atomic E-state index is -4.53. The van der Waals surface area contributed by atoms with Crippen LogP contribution in [0.1, 0.15) is 17.2 Å². The molecule has 2 aromatic rings. The van der Waals surface area contributed by atoms with Gasteiger partial charge in [-0.2, -0.15) is 13.2 Å². The van der Waals surface area contributed by atoms with Crippen molar-refractivity contribution < 1.29 is 13.2 Å². The Morgan fingerprint density at radius 3 is 2.32 bits per heavy atom. The molecule has 1 N–H and O–H groups in total. The zero-order chi connectivity index (χ0) is 14.0. The first-order chi connectivity index (χ1) is 8.91. The van der Waals surface area contributed by atoms with Crippen molar-refractivity contribution in [2.24, 2.45) is 0 Å². The van der Waals surface area contributed by atoms with Crippen LogP contribution in [0.4, 0.5) is 13.2 Å². The first-order valence-electron chi connectivity index (χ1n) is 5.66. The highest BCUT2D eigenvalue weighted by Crippen LogP contribution is 2.27. The minimum Gasteiger partial charge on any atom is -0.316 e. The van der Waals surface area contributed by atoms with Crippen molar-refractivity contribution in [2.75, 3.05) is 7.05 Å². The smallest absolute Gasteiger partial charge is 0.316 e. The summed E-state index contributed by atoms with van der Waals surface area (Å²) in [5.74, 6) is -0.919. The Hall–Kier alpha value is -1.89. The van der Waals surface area contributed by atoms with Gasteiger partial charge in [-0.15, -0.1) is 5.10 Å². The van der Waals surface area contributed by atoms with Crippen LogP contribution in [0.25, 0.3) is 5.69 Å². The first kappa shape index (κ1) is 13.5. The molecule has 0 aliphatic carbocycles. The Balaban J connectivity index is 2.34. The molecule has 4 nitrogen and oxygen atoms in total. The zero-order valence-electron chi connectivity index (χ0n) is 10.5. The van der Waals surface area contributed by atoms with E-state index in [1.165, 1.54) is 11.6 Å². The molecule has 0 fully saturated rings. The molecule has 0 amide bonds. The maximum absolute atomic E-state index is 12.5. The van der Waals surface area contributed by atoms with Gasteiger partial charge in [0.05, 0.1) is 5.69 Å². The number of aromatic nitrogens is 3. The Bertz CT molecular complexity index is 557. The average Bonchev–Trinajstić information content (AvgIpc) is 2.73. The van der Waals surface area contributed by atoms with E-state index < -0.39 is 12.0 Å². The fourth-order valence-electron chi connectivity index (χ4n) is 1.71. The fraction of sp³-hybridized carbons (Fsp3) is 0.333. The van der Waals surface area contributed by atoms with Gasteiger partial charge in [0, 0.05) is 6.54 Å². The van der Waals surface area contributed by atoms with Gasteiger partial charge in [-0.3, -0.25) is 0 Å². The summed E-state index contributed by atoms with van der Waals surface area (Å²) in [5.41, 5.74) is 1.60. The number of benzene rings is 1. The van der Waals surface area contributed by atoms with Gasteiger partial charge in [-0.1, -0.05) is 12.1 Å². The summed E-state index contributed by atoms with van der Waals surface area (Å²) >= 11 is 0. The number of hydrogen-bond acceptors (Lipinski definition) is 3. The number of aryl methyl sites for hydroxylation is 1. The van der Waals surface area contributed by atoms with Crippen LogP contribution in [-0.4, -0.2) is 21.8 Å². The number of nitrogens with zero attached hydrogens (tertiary/aromatic N) is 3. The summed E-state index contributed by atoms with van der Waals surface area (Å²) in [6, 6.07) is 7.10. The highest BCUT2D eigenvalue weighted by molar-refractivity contribution is 5.34. The van der Waals surface area contributed by atoms with Crippen molar-refractivity contribution >= 4 is 0 Å². The van der Waals surface area contributed by atoms with Crippen molar-refractivity contribution in [3.8, 4) is 5.69 Å². The summed E-state index contributed by atoms with van der Waals surface area (Å²) in [5, 5.41) is 6.49.